The van der Waals surface area contributed by atoms with Crippen molar-refractivity contribution in [2.45, 2.75) is 12.0 Å². The average molecular weight is 232 g/mol. The standard InChI is InChI=1S/C11H12N4O2/c12-5-8-1-2-9(6-14-8)15-4-3-11(13,7-15)10(16)17/h1-2,6H,3-4,7,13H2,(H,16,17). The van der Waals surface area contributed by atoms with Gasteiger partial charge in [0.15, 0.2) is 0 Å². The van der Waals surface area contributed by atoms with Crippen molar-refractivity contribution in [1.82, 2.24) is 4.98 Å². The number of pyridine rings is 1. The highest BCUT2D eigenvalue weighted by atomic mass is 16.4. The molecule has 1 fully saturated rings. The van der Waals surface area contributed by atoms with Crippen molar-refractivity contribution in [2.75, 3.05) is 18.0 Å². The number of nitrogens with two attached hydrogens (primary N) is 1. The number of carbonyl (C=O) groups is 1. The van der Waals surface area contributed by atoms with Gasteiger partial charge in [-0.3, -0.25) is 4.79 Å². The maximum Gasteiger partial charge on any atom is 0.325 e. The molecule has 88 valence electrons. The van der Waals surface area contributed by atoms with E-state index in [2.05, 4.69) is 4.98 Å². The van der Waals surface area contributed by atoms with Gasteiger partial charge in [0.1, 0.15) is 17.3 Å². The van der Waals surface area contributed by atoms with Gasteiger partial charge in [-0.2, -0.15) is 5.26 Å². The highest BCUT2D eigenvalue weighted by Gasteiger charge is 2.41. The zero-order valence-corrected chi connectivity index (χ0v) is 9.13. The molecule has 0 spiro atoms. The van der Waals surface area contributed by atoms with Gasteiger partial charge in [-0.05, 0) is 18.6 Å². The third-order valence-electron chi connectivity index (χ3n) is 2.95. The van der Waals surface area contributed by atoms with Crippen LogP contribution in [0.2, 0.25) is 0 Å². The summed E-state index contributed by atoms with van der Waals surface area (Å²) < 4.78 is 0. The van der Waals surface area contributed by atoms with E-state index in [1.54, 1.807) is 18.3 Å². The third-order valence-corrected chi connectivity index (χ3v) is 2.95. The first-order valence-electron chi connectivity index (χ1n) is 5.18. The Morgan fingerprint density at radius 3 is 2.88 bits per heavy atom. The quantitative estimate of drug-likeness (QED) is 0.740. The normalized spacial score (nSPS) is 23.4. The lowest BCUT2D eigenvalue weighted by molar-refractivity contribution is -0.142. The molecule has 2 rings (SSSR count). The lowest BCUT2D eigenvalue weighted by Gasteiger charge is -2.21. The van der Waals surface area contributed by atoms with E-state index in [1.807, 2.05) is 11.0 Å². The van der Waals surface area contributed by atoms with Crippen LogP contribution in [-0.2, 0) is 4.79 Å². The Bertz CT molecular complexity index is 479. The minimum atomic E-state index is -1.19. The van der Waals surface area contributed by atoms with Crippen LogP contribution in [0.1, 0.15) is 12.1 Å². The predicted molar refractivity (Wildman–Crippen MR) is 60.3 cm³/mol. The van der Waals surface area contributed by atoms with Crippen LogP contribution >= 0.6 is 0 Å². The molecule has 6 nitrogen and oxygen atoms in total. The fourth-order valence-corrected chi connectivity index (χ4v) is 1.87. The predicted octanol–water partition coefficient (Wildman–Crippen LogP) is -0.0545. The molecule has 0 radical (unpaired) electrons. The van der Waals surface area contributed by atoms with E-state index in [0.29, 0.717) is 18.7 Å². The number of hydrogen-bond donors (Lipinski definition) is 2. The maximum atomic E-state index is 11.0. The molecule has 0 aliphatic carbocycles. The van der Waals surface area contributed by atoms with Crippen LogP contribution in [-0.4, -0.2) is 34.7 Å². The minimum absolute atomic E-state index is 0.260. The van der Waals surface area contributed by atoms with Crippen molar-refractivity contribution in [1.29, 1.82) is 5.26 Å². The van der Waals surface area contributed by atoms with Crippen LogP contribution in [0.3, 0.4) is 0 Å². The first-order chi connectivity index (χ1) is 8.05. The number of anilines is 1. The fourth-order valence-electron chi connectivity index (χ4n) is 1.87. The number of aliphatic carboxylic acids is 1. The SMILES string of the molecule is N#Cc1ccc(N2CCC(N)(C(=O)O)C2)cn1. The maximum absolute atomic E-state index is 11.0. The zero-order valence-electron chi connectivity index (χ0n) is 9.13. The lowest BCUT2D eigenvalue weighted by atomic mass is 10.0. The first kappa shape index (κ1) is 11.4. The Morgan fingerprint density at radius 2 is 2.41 bits per heavy atom. The number of carboxylic acid groups (broad SMARTS) is 1. The summed E-state index contributed by atoms with van der Waals surface area (Å²) in [6.07, 6.45) is 1.97. The molecule has 0 bridgehead atoms. The first-order valence-corrected chi connectivity index (χ1v) is 5.18. The molecule has 0 amide bonds. The molecule has 1 aliphatic heterocycles. The summed E-state index contributed by atoms with van der Waals surface area (Å²) in [6.45, 7) is 0.840. The Labute approximate surface area is 98.3 Å². The molecule has 3 N–H and O–H groups in total. The topological polar surface area (TPSA) is 103 Å². The molecule has 1 atom stereocenters. The van der Waals surface area contributed by atoms with Crippen LogP contribution in [0.25, 0.3) is 0 Å². The van der Waals surface area contributed by atoms with E-state index in [1.165, 1.54) is 0 Å². The summed E-state index contributed by atoms with van der Waals surface area (Å²) in [6, 6.07) is 5.28. The Kier molecular flexibility index (Phi) is 2.69. The summed E-state index contributed by atoms with van der Waals surface area (Å²) in [5, 5.41) is 17.6. The summed E-state index contributed by atoms with van der Waals surface area (Å²) in [5.74, 6) is -0.985. The molecule has 1 unspecified atom stereocenters. The van der Waals surface area contributed by atoms with E-state index in [-0.39, 0.29) is 6.54 Å². The molecule has 2 heterocycles. The van der Waals surface area contributed by atoms with Gasteiger partial charge in [0.25, 0.3) is 0 Å². The second-order valence-electron chi connectivity index (χ2n) is 4.15. The second-order valence-corrected chi connectivity index (χ2v) is 4.15. The fraction of sp³-hybridized carbons (Fsp3) is 0.364. The van der Waals surface area contributed by atoms with Crippen LogP contribution in [0.5, 0.6) is 0 Å². The van der Waals surface area contributed by atoms with Gasteiger partial charge < -0.3 is 15.7 Å². The molecule has 1 aromatic rings. The summed E-state index contributed by atoms with van der Waals surface area (Å²) in [7, 11) is 0. The molecule has 0 aromatic carbocycles. The monoisotopic (exact) mass is 232 g/mol. The van der Waals surface area contributed by atoms with Gasteiger partial charge >= 0.3 is 5.97 Å². The average Bonchev–Trinajstić information content (AvgIpc) is 2.74. The number of nitriles is 1. The number of nitrogens with zero attached hydrogens (tertiary/aromatic N) is 3. The van der Waals surface area contributed by atoms with Gasteiger partial charge in [-0.15, -0.1) is 0 Å². The van der Waals surface area contributed by atoms with E-state index in [9.17, 15) is 4.79 Å². The molecule has 0 saturated carbocycles. The van der Waals surface area contributed by atoms with E-state index >= 15 is 0 Å². The number of hydrogen-bond acceptors (Lipinski definition) is 5. The Morgan fingerprint density at radius 1 is 1.65 bits per heavy atom. The molecular weight excluding hydrogens is 220 g/mol. The Balaban J connectivity index is 2.15. The number of aromatic nitrogens is 1. The zero-order chi connectivity index (χ0) is 12.5. The largest absolute Gasteiger partial charge is 0.480 e. The molecule has 1 aromatic heterocycles. The van der Waals surface area contributed by atoms with Crippen molar-refractivity contribution in [3.8, 4) is 6.07 Å². The highest BCUT2D eigenvalue weighted by molar-refractivity contribution is 5.80. The van der Waals surface area contributed by atoms with E-state index < -0.39 is 11.5 Å². The van der Waals surface area contributed by atoms with Gasteiger partial charge in [0.05, 0.1) is 11.9 Å². The minimum Gasteiger partial charge on any atom is -0.480 e. The van der Waals surface area contributed by atoms with Crippen LogP contribution in [0.4, 0.5) is 5.69 Å². The highest BCUT2D eigenvalue weighted by Crippen LogP contribution is 2.24. The van der Waals surface area contributed by atoms with Gasteiger partial charge in [0.2, 0.25) is 0 Å². The van der Waals surface area contributed by atoms with Gasteiger partial charge in [-0.1, -0.05) is 0 Å². The van der Waals surface area contributed by atoms with Crippen molar-refractivity contribution < 1.29 is 9.90 Å². The molecule has 17 heavy (non-hydrogen) atoms. The van der Waals surface area contributed by atoms with Gasteiger partial charge in [0, 0.05) is 13.1 Å². The Hall–Kier alpha value is -2.13. The van der Waals surface area contributed by atoms with Crippen molar-refractivity contribution >= 4 is 11.7 Å². The molecule has 6 heteroatoms. The van der Waals surface area contributed by atoms with E-state index in [0.717, 1.165) is 5.69 Å². The summed E-state index contributed by atoms with van der Waals surface area (Å²) in [4.78, 5) is 16.8. The van der Waals surface area contributed by atoms with E-state index in [4.69, 9.17) is 16.1 Å². The van der Waals surface area contributed by atoms with Crippen LogP contribution in [0, 0.1) is 11.3 Å². The van der Waals surface area contributed by atoms with Crippen LogP contribution in [0.15, 0.2) is 18.3 Å². The lowest BCUT2D eigenvalue weighted by Crippen LogP contribution is -2.50. The van der Waals surface area contributed by atoms with Crippen molar-refractivity contribution in [3.05, 3.63) is 24.0 Å². The smallest absolute Gasteiger partial charge is 0.325 e. The van der Waals surface area contributed by atoms with Crippen molar-refractivity contribution in [3.63, 3.8) is 0 Å². The molecule has 1 saturated heterocycles. The molecule has 1 aliphatic rings. The summed E-state index contributed by atoms with van der Waals surface area (Å²) in [5.41, 5.74) is 5.71. The van der Waals surface area contributed by atoms with Gasteiger partial charge in [-0.25, -0.2) is 4.98 Å². The van der Waals surface area contributed by atoms with Crippen LogP contribution < -0.4 is 10.6 Å². The van der Waals surface area contributed by atoms with Crippen molar-refractivity contribution in [2.24, 2.45) is 5.73 Å². The number of rotatable bonds is 2. The third kappa shape index (κ3) is 2.05. The summed E-state index contributed by atoms with van der Waals surface area (Å²) >= 11 is 0. The second kappa shape index (κ2) is 4.03. The number of carboxylic acids is 1. The molecular formula is C11H12N4O2.